The quantitative estimate of drug-likeness (QED) is 0.319. The van der Waals surface area contributed by atoms with Gasteiger partial charge in [0.05, 0.1) is 8.13 Å². The highest BCUT2D eigenvalue weighted by Crippen LogP contribution is 1.98. The van der Waals surface area contributed by atoms with E-state index in [0.29, 0.717) is 0 Å². The van der Waals surface area contributed by atoms with Crippen LogP contribution in [0, 0.1) is 0 Å². The minimum atomic E-state index is -0.0463. The van der Waals surface area contributed by atoms with E-state index >= 15 is 0 Å². The molecule has 0 aliphatic rings. The fraction of sp³-hybridized carbons (Fsp3) is 1.00. The van der Waals surface area contributed by atoms with Gasteiger partial charge < -0.3 is 0 Å². The van der Waals surface area contributed by atoms with Crippen LogP contribution in [-0.2, 0) is 0 Å². The lowest BCUT2D eigenvalue weighted by atomic mass is 11.9. The lowest BCUT2D eigenvalue weighted by Crippen LogP contribution is -1.69. The average molecular weight is 109 g/mol. The number of hydrogen-bond donors (Lipinski definition) is 0. The Morgan fingerprint density at radius 2 is 1.50 bits per heavy atom. The van der Waals surface area contributed by atoms with Gasteiger partial charge in [0.2, 0.25) is 0 Å². The molecule has 0 heterocycles. The normalized spacial score (nSPS) is 9.00. The smallest absolute Gasteiger partial charge is 0.0938 e. The zero-order valence-corrected chi connectivity index (χ0v) is 5.96. The van der Waals surface area contributed by atoms with Crippen molar-refractivity contribution in [3.63, 3.8) is 0 Å². The fourth-order valence-electron chi connectivity index (χ4n) is 0. The lowest BCUT2D eigenvalue weighted by Gasteiger charge is -1.75. The molecule has 0 aromatic heterocycles. The molecule has 0 aromatic rings. The summed E-state index contributed by atoms with van der Waals surface area (Å²) in [4.78, 5) is 0. The van der Waals surface area contributed by atoms with Crippen molar-refractivity contribution < 1.29 is 0 Å². The van der Waals surface area contributed by atoms with E-state index in [1.807, 2.05) is 0 Å². The van der Waals surface area contributed by atoms with Gasteiger partial charge in [-0.2, -0.15) is 0 Å². The van der Waals surface area contributed by atoms with Gasteiger partial charge in [0.15, 0.2) is 0 Å². The fourth-order valence-corrected chi connectivity index (χ4v) is 0. The van der Waals surface area contributed by atoms with Crippen molar-refractivity contribution in [3.8, 4) is 0 Å². The van der Waals surface area contributed by atoms with Crippen LogP contribution in [0.1, 0.15) is 0 Å². The predicted molar refractivity (Wildman–Crippen MR) is 31.0 cm³/mol. The molecule has 0 aliphatic carbocycles. The highest BCUT2D eigenvalue weighted by molar-refractivity contribution is 7.93. The molecular formula is CH7P2Si. The van der Waals surface area contributed by atoms with E-state index in [4.69, 9.17) is 0 Å². The van der Waals surface area contributed by atoms with Gasteiger partial charge >= 0.3 is 0 Å². The maximum atomic E-state index is 2.72. The molecule has 4 heavy (non-hydrogen) atoms. The molecule has 0 N–H and O–H groups in total. The Bertz CT molecular complexity index is 10.8. The van der Waals surface area contributed by atoms with E-state index < -0.39 is 0 Å². The first-order valence-electron chi connectivity index (χ1n) is 1.08. The minimum absolute atomic E-state index is 0.0463. The summed E-state index contributed by atoms with van der Waals surface area (Å²) >= 11 is 0. The molecule has 0 aliphatic heterocycles. The Hall–Kier alpha value is 1.08. The van der Waals surface area contributed by atoms with Crippen LogP contribution in [0.2, 0.25) is 6.55 Å². The van der Waals surface area contributed by atoms with Crippen molar-refractivity contribution in [2.75, 3.05) is 0 Å². The summed E-state index contributed by atoms with van der Waals surface area (Å²) in [7, 11) is 5.40. The van der Waals surface area contributed by atoms with Crippen LogP contribution in [0.4, 0.5) is 0 Å². The molecule has 0 fully saturated rings. The Kier molecular flexibility index (Phi) is 2.95. The van der Waals surface area contributed by atoms with Crippen molar-refractivity contribution in [1.82, 2.24) is 0 Å². The molecule has 2 atom stereocenters. The molecule has 0 aromatic carbocycles. The second-order valence-electron chi connectivity index (χ2n) is 0.744. The van der Waals surface area contributed by atoms with Gasteiger partial charge in [-0.05, 0) is 0 Å². The third kappa shape index (κ3) is 11.4. The van der Waals surface area contributed by atoms with Crippen LogP contribution in [0.15, 0.2) is 0 Å². The van der Waals surface area contributed by atoms with Crippen molar-refractivity contribution in [2.45, 2.75) is 6.55 Å². The van der Waals surface area contributed by atoms with Gasteiger partial charge in [0.1, 0.15) is 0 Å². The predicted octanol–water partition coefficient (Wildman–Crippen LogP) is 0.855. The summed E-state index contributed by atoms with van der Waals surface area (Å²) in [5.41, 5.74) is 0. The van der Waals surface area contributed by atoms with Crippen molar-refractivity contribution >= 4 is 25.7 Å². The summed E-state index contributed by atoms with van der Waals surface area (Å²) in [5.74, 6) is 0. The first-order chi connectivity index (χ1) is 1.73. The molecule has 1 radical (unpaired) electrons. The van der Waals surface area contributed by atoms with Crippen molar-refractivity contribution in [1.29, 1.82) is 0 Å². The molecule has 0 spiro atoms. The Morgan fingerprint density at radius 1 is 1.50 bits per heavy atom. The van der Waals surface area contributed by atoms with Crippen LogP contribution >= 0.6 is 17.6 Å². The maximum Gasteiger partial charge on any atom is 0.0938 e. The van der Waals surface area contributed by atoms with Crippen LogP contribution in [0.3, 0.4) is 0 Å². The zero-order valence-electron chi connectivity index (χ0n) is 2.65. The molecule has 0 saturated carbocycles. The van der Waals surface area contributed by atoms with E-state index in [9.17, 15) is 0 Å². The largest absolute Gasteiger partial charge is 0.146 e. The maximum absolute atomic E-state index is 2.72. The highest BCUT2D eigenvalue weighted by Gasteiger charge is 1.72. The van der Waals surface area contributed by atoms with Gasteiger partial charge in [-0.25, -0.2) is 0 Å². The minimum Gasteiger partial charge on any atom is -0.146 e. The second kappa shape index (κ2) is 2.32. The topological polar surface area (TPSA) is 0 Å². The van der Waals surface area contributed by atoms with Crippen molar-refractivity contribution in [3.05, 3.63) is 0 Å². The van der Waals surface area contributed by atoms with Gasteiger partial charge in [-0.15, -0.1) is 17.6 Å². The molecule has 0 rings (SSSR count). The third-order valence-electron chi connectivity index (χ3n) is 0. The van der Waals surface area contributed by atoms with Crippen LogP contribution in [0.5, 0.6) is 0 Å². The van der Waals surface area contributed by atoms with Gasteiger partial charge in [0.25, 0.3) is 0 Å². The Labute approximate surface area is 33.1 Å². The number of rotatable bonds is 0. The molecule has 2 unspecified atom stereocenters. The van der Waals surface area contributed by atoms with Gasteiger partial charge in [-0.3, -0.25) is 0 Å². The molecule has 0 nitrogen and oxygen atoms in total. The monoisotopic (exact) mass is 109 g/mol. The van der Waals surface area contributed by atoms with Crippen LogP contribution in [-0.4, -0.2) is 8.13 Å². The molecule has 3 heteroatoms. The van der Waals surface area contributed by atoms with Crippen LogP contribution in [0.25, 0.3) is 0 Å². The molecule has 0 amide bonds. The number of hydrogen-bond acceptors (Lipinski definition) is 0. The summed E-state index contributed by atoms with van der Waals surface area (Å²) < 4.78 is 0. The third-order valence-corrected chi connectivity index (χ3v) is 0. The highest BCUT2D eigenvalue weighted by atomic mass is 31.6. The average Bonchev–Trinajstić information content (AvgIpc) is 0.811. The first kappa shape index (κ1) is 5.08. The standard InChI is InChI=1S/CH7P2Si/c1-4(2)3/h2-3H2,1H3. The van der Waals surface area contributed by atoms with E-state index in [-0.39, 0.29) is 8.13 Å². The molecule has 0 saturated heterocycles. The van der Waals surface area contributed by atoms with E-state index in [1.54, 1.807) is 0 Å². The summed E-state index contributed by atoms with van der Waals surface area (Å²) in [6, 6.07) is 0. The van der Waals surface area contributed by atoms with Crippen molar-refractivity contribution in [2.24, 2.45) is 0 Å². The van der Waals surface area contributed by atoms with E-state index in [0.717, 1.165) is 0 Å². The SMILES string of the molecule is C[Si](P)P. The van der Waals surface area contributed by atoms with Crippen LogP contribution < -0.4 is 0 Å². The molecule has 25 valence electrons. The Balaban J connectivity index is 2.32. The van der Waals surface area contributed by atoms with Gasteiger partial charge in [-0.1, -0.05) is 6.55 Å². The summed E-state index contributed by atoms with van der Waals surface area (Å²) in [6.45, 7) is 2.19. The lowest BCUT2D eigenvalue weighted by molar-refractivity contribution is 2.36. The second-order valence-corrected chi connectivity index (χ2v) is 9.70. The summed E-state index contributed by atoms with van der Waals surface area (Å²) in [5, 5.41) is 0. The summed E-state index contributed by atoms with van der Waals surface area (Å²) in [6.07, 6.45) is 0. The van der Waals surface area contributed by atoms with E-state index in [2.05, 4.69) is 24.1 Å². The van der Waals surface area contributed by atoms with E-state index in [1.165, 1.54) is 0 Å². The molecular weight excluding hydrogens is 102 g/mol. The first-order valence-corrected chi connectivity index (χ1v) is 6.70. The van der Waals surface area contributed by atoms with Gasteiger partial charge in [0, 0.05) is 0 Å². The zero-order chi connectivity index (χ0) is 3.58. The molecule has 0 bridgehead atoms. The Morgan fingerprint density at radius 3 is 1.50 bits per heavy atom.